The summed E-state index contributed by atoms with van der Waals surface area (Å²) in [5.41, 5.74) is 1.23. The van der Waals surface area contributed by atoms with E-state index >= 15 is 0 Å². The second-order valence-corrected chi connectivity index (χ2v) is 6.58. The fourth-order valence-corrected chi connectivity index (χ4v) is 3.21. The number of methoxy groups -OCH3 is 2. The van der Waals surface area contributed by atoms with E-state index in [0.717, 1.165) is 5.69 Å². The van der Waals surface area contributed by atoms with Crippen molar-refractivity contribution in [2.24, 2.45) is 5.92 Å². The molecule has 1 aliphatic heterocycles. The van der Waals surface area contributed by atoms with Gasteiger partial charge in [0.1, 0.15) is 11.5 Å². The zero-order chi connectivity index (χ0) is 19.4. The van der Waals surface area contributed by atoms with E-state index in [9.17, 15) is 9.59 Å². The van der Waals surface area contributed by atoms with Crippen LogP contribution in [0.3, 0.4) is 0 Å². The van der Waals surface area contributed by atoms with E-state index in [-0.39, 0.29) is 18.2 Å². The van der Waals surface area contributed by atoms with E-state index in [4.69, 9.17) is 21.1 Å². The number of rotatable bonds is 6. The lowest BCUT2D eigenvalue weighted by Gasteiger charge is -2.17. The van der Waals surface area contributed by atoms with Gasteiger partial charge in [-0.1, -0.05) is 17.7 Å². The molecule has 27 heavy (non-hydrogen) atoms. The number of hydrogen-bond donors (Lipinski definition) is 1. The minimum Gasteiger partial charge on any atom is -0.495 e. The van der Waals surface area contributed by atoms with Gasteiger partial charge in [-0.05, 0) is 12.1 Å². The van der Waals surface area contributed by atoms with E-state index in [1.165, 1.54) is 14.2 Å². The summed E-state index contributed by atoms with van der Waals surface area (Å²) in [6.45, 7) is 0.732. The van der Waals surface area contributed by atoms with Gasteiger partial charge in [0.25, 0.3) is 0 Å². The highest BCUT2D eigenvalue weighted by Gasteiger charge is 2.34. The van der Waals surface area contributed by atoms with Crippen molar-refractivity contribution in [3.05, 3.63) is 47.2 Å². The molecule has 0 saturated carbocycles. The van der Waals surface area contributed by atoms with Crippen molar-refractivity contribution in [3.63, 3.8) is 0 Å². The lowest BCUT2D eigenvalue weighted by molar-refractivity contribution is -0.128. The number of aromatic nitrogens is 1. The van der Waals surface area contributed by atoms with Crippen molar-refractivity contribution < 1.29 is 19.1 Å². The molecule has 0 radical (unpaired) electrons. The van der Waals surface area contributed by atoms with Crippen molar-refractivity contribution in [2.45, 2.75) is 13.0 Å². The number of benzene rings is 1. The third kappa shape index (κ3) is 4.31. The molecule has 2 amide bonds. The summed E-state index contributed by atoms with van der Waals surface area (Å²) in [6, 6.07) is 8.71. The minimum absolute atomic E-state index is 0.0681. The summed E-state index contributed by atoms with van der Waals surface area (Å²) >= 11 is 6.08. The van der Waals surface area contributed by atoms with E-state index in [0.29, 0.717) is 35.3 Å². The van der Waals surface area contributed by atoms with Gasteiger partial charge in [0, 0.05) is 31.3 Å². The summed E-state index contributed by atoms with van der Waals surface area (Å²) in [6.07, 6.45) is 1.84. The van der Waals surface area contributed by atoms with Crippen molar-refractivity contribution >= 4 is 29.1 Å². The fraction of sp³-hybridized carbons (Fsp3) is 0.316. The number of likely N-dealkylation sites (tertiary alicyclic amines) is 1. The lowest BCUT2D eigenvalue weighted by Crippen LogP contribution is -2.28. The van der Waals surface area contributed by atoms with Crippen LogP contribution in [0, 0.1) is 5.92 Å². The maximum atomic E-state index is 12.7. The second kappa shape index (κ2) is 8.26. The Bertz CT molecular complexity index is 844. The number of carbonyl (C=O) groups is 2. The Morgan fingerprint density at radius 2 is 2.07 bits per heavy atom. The number of halogens is 1. The summed E-state index contributed by atoms with van der Waals surface area (Å²) in [4.78, 5) is 30.8. The predicted octanol–water partition coefficient (Wildman–Crippen LogP) is 2.74. The van der Waals surface area contributed by atoms with Gasteiger partial charge in [-0.25, -0.2) is 0 Å². The van der Waals surface area contributed by atoms with Crippen LogP contribution in [0.1, 0.15) is 12.1 Å². The van der Waals surface area contributed by atoms with Gasteiger partial charge >= 0.3 is 0 Å². The number of nitrogens with zero attached hydrogens (tertiary/aromatic N) is 2. The summed E-state index contributed by atoms with van der Waals surface area (Å²) in [5.74, 6) is 0.0689. The Labute approximate surface area is 162 Å². The molecular formula is C19H20ClN3O4. The third-order valence-corrected chi connectivity index (χ3v) is 4.69. The summed E-state index contributed by atoms with van der Waals surface area (Å²) in [5, 5.41) is 3.19. The zero-order valence-electron chi connectivity index (χ0n) is 15.1. The molecule has 0 spiro atoms. The summed E-state index contributed by atoms with van der Waals surface area (Å²) < 4.78 is 10.5. The van der Waals surface area contributed by atoms with Crippen LogP contribution < -0.4 is 14.8 Å². The van der Waals surface area contributed by atoms with E-state index in [1.54, 1.807) is 23.2 Å². The maximum Gasteiger partial charge on any atom is 0.229 e. The number of ether oxygens (including phenoxy) is 2. The Balaban J connectivity index is 1.69. The largest absolute Gasteiger partial charge is 0.495 e. The minimum atomic E-state index is -0.451. The van der Waals surface area contributed by atoms with Gasteiger partial charge in [-0.3, -0.25) is 14.6 Å². The number of hydrogen-bond acceptors (Lipinski definition) is 5. The first-order valence-electron chi connectivity index (χ1n) is 8.42. The molecule has 0 aliphatic carbocycles. The van der Waals surface area contributed by atoms with Crippen molar-refractivity contribution in [1.82, 2.24) is 9.88 Å². The molecule has 1 aromatic heterocycles. The molecule has 1 atom stereocenters. The van der Waals surface area contributed by atoms with Gasteiger partial charge in [0.2, 0.25) is 11.8 Å². The first-order valence-corrected chi connectivity index (χ1v) is 8.79. The quantitative estimate of drug-likeness (QED) is 0.821. The molecule has 1 fully saturated rings. The van der Waals surface area contributed by atoms with E-state index in [1.807, 2.05) is 18.2 Å². The molecule has 1 unspecified atom stereocenters. The van der Waals surface area contributed by atoms with Gasteiger partial charge < -0.3 is 19.7 Å². The number of pyridine rings is 1. The molecule has 2 aromatic rings. The van der Waals surface area contributed by atoms with Gasteiger partial charge in [0.15, 0.2) is 0 Å². The van der Waals surface area contributed by atoms with Gasteiger partial charge in [0.05, 0.1) is 43.1 Å². The smallest absolute Gasteiger partial charge is 0.229 e. The van der Waals surface area contributed by atoms with Crippen LogP contribution in [0.15, 0.2) is 36.5 Å². The Kier molecular flexibility index (Phi) is 5.81. The second-order valence-electron chi connectivity index (χ2n) is 6.17. The van der Waals surface area contributed by atoms with Crippen LogP contribution in [-0.4, -0.2) is 42.5 Å². The Morgan fingerprint density at radius 3 is 2.74 bits per heavy atom. The summed E-state index contributed by atoms with van der Waals surface area (Å²) in [7, 11) is 2.98. The topological polar surface area (TPSA) is 80.8 Å². The molecule has 2 heterocycles. The lowest BCUT2D eigenvalue weighted by atomic mass is 10.1. The monoisotopic (exact) mass is 389 g/mol. The number of amides is 2. The van der Waals surface area contributed by atoms with Crippen molar-refractivity contribution in [3.8, 4) is 11.5 Å². The zero-order valence-corrected chi connectivity index (χ0v) is 15.8. The standard InChI is InChI=1S/C19H20ClN3O4/c1-26-16-9-15(17(27-2)8-14(16)20)22-19(25)12-7-18(24)23(10-12)11-13-5-3-4-6-21-13/h3-6,8-9,12H,7,10-11H2,1-2H3,(H,22,25). The van der Waals surface area contributed by atoms with Crippen molar-refractivity contribution in [2.75, 3.05) is 26.1 Å². The SMILES string of the molecule is COc1cc(NC(=O)C2CC(=O)N(Cc3ccccn3)C2)c(OC)cc1Cl. The highest BCUT2D eigenvalue weighted by atomic mass is 35.5. The molecule has 142 valence electrons. The van der Waals surface area contributed by atoms with Crippen molar-refractivity contribution in [1.29, 1.82) is 0 Å². The van der Waals surface area contributed by atoms with Crippen LogP contribution in [0.5, 0.6) is 11.5 Å². The van der Waals surface area contributed by atoms with Gasteiger partial charge in [-0.2, -0.15) is 0 Å². The highest BCUT2D eigenvalue weighted by molar-refractivity contribution is 6.32. The number of nitrogens with one attached hydrogen (secondary N) is 1. The molecular weight excluding hydrogens is 370 g/mol. The fourth-order valence-electron chi connectivity index (χ4n) is 2.98. The van der Waals surface area contributed by atoms with Crippen LogP contribution in [0.4, 0.5) is 5.69 Å². The third-order valence-electron chi connectivity index (χ3n) is 4.40. The van der Waals surface area contributed by atoms with Crippen LogP contribution >= 0.6 is 11.6 Å². The van der Waals surface area contributed by atoms with Crippen LogP contribution in [0.2, 0.25) is 5.02 Å². The molecule has 0 bridgehead atoms. The maximum absolute atomic E-state index is 12.7. The molecule has 1 aromatic carbocycles. The number of anilines is 1. The molecule has 3 rings (SSSR count). The van der Waals surface area contributed by atoms with E-state index < -0.39 is 5.92 Å². The molecule has 1 saturated heterocycles. The molecule has 1 N–H and O–H groups in total. The molecule has 8 heteroatoms. The first-order chi connectivity index (χ1) is 13.0. The molecule has 1 aliphatic rings. The average Bonchev–Trinajstić information content (AvgIpc) is 3.04. The highest BCUT2D eigenvalue weighted by Crippen LogP contribution is 2.36. The Hall–Kier alpha value is -2.80. The van der Waals surface area contributed by atoms with Crippen LogP contribution in [0.25, 0.3) is 0 Å². The number of carbonyl (C=O) groups excluding carboxylic acids is 2. The van der Waals surface area contributed by atoms with E-state index in [2.05, 4.69) is 10.3 Å². The molecule has 7 nitrogen and oxygen atoms in total. The Morgan fingerprint density at radius 1 is 1.30 bits per heavy atom. The first kappa shape index (κ1) is 19.0. The average molecular weight is 390 g/mol. The van der Waals surface area contributed by atoms with Gasteiger partial charge in [-0.15, -0.1) is 0 Å². The normalized spacial score (nSPS) is 16.3. The van der Waals surface area contributed by atoms with Crippen LogP contribution in [-0.2, 0) is 16.1 Å². The predicted molar refractivity (Wildman–Crippen MR) is 101 cm³/mol.